The maximum absolute atomic E-state index is 4.24. The SMILES string of the molecule is C=CP(C)(C)(CCCCCCCCCCCCCCCC)Cc1ccccc1. The molecule has 28 heavy (non-hydrogen) atoms. The van der Waals surface area contributed by atoms with Gasteiger partial charge >= 0.3 is 151 Å². The zero-order valence-corrected chi connectivity index (χ0v) is 20.3. The monoisotopic (exact) mass is 404 g/mol. The summed E-state index contributed by atoms with van der Waals surface area (Å²) in [5, 5.41) is 0. The van der Waals surface area contributed by atoms with Crippen LogP contribution in [0, 0.1) is 0 Å². The Kier molecular flexibility index (Phi) is 13.1. The molecule has 1 rings (SSSR count). The van der Waals surface area contributed by atoms with Crippen LogP contribution in [0.4, 0.5) is 0 Å². The predicted octanol–water partition coefficient (Wildman–Crippen LogP) is 9.62. The molecule has 0 fully saturated rings. The maximum atomic E-state index is 4.24. The van der Waals surface area contributed by atoms with Crippen LogP contribution in [-0.2, 0) is 6.16 Å². The molecule has 0 nitrogen and oxygen atoms in total. The summed E-state index contributed by atoms with van der Waals surface area (Å²) in [5.41, 5.74) is 1.48. The molecule has 0 radical (unpaired) electrons. The first-order chi connectivity index (χ1) is 13.5. The Bertz CT molecular complexity index is 502. The number of hydrogen-bond donors (Lipinski definition) is 0. The van der Waals surface area contributed by atoms with Gasteiger partial charge in [-0.2, -0.15) is 0 Å². The van der Waals surface area contributed by atoms with Crippen LogP contribution in [0.1, 0.15) is 102 Å². The Morgan fingerprint density at radius 1 is 0.679 bits per heavy atom. The van der Waals surface area contributed by atoms with Gasteiger partial charge in [-0.1, -0.05) is 26.2 Å². The van der Waals surface area contributed by atoms with E-state index in [2.05, 4.69) is 63.0 Å². The van der Waals surface area contributed by atoms with Crippen LogP contribution in [0.25, 0.3) is 0 Å². The third-order valence-electron chi connectivity index (χ3n) is 6.41. The van der Waals surface area contributed by atoms with Crippen LogP contribution < -0.4 is 0 Å². The van der Waals surface area contributed by atoms with Crippen molar-refractivity contribution in [1.29, 1.82) is 0 Å². The molecule has 0 aliphatic rings. The van der Waals surface area contributed by atoms with Gasteiger partial charge in [-0.25, -0.2) is 0 Å². The third-order valence-corrected chi connectivity index (χ3v) is 10.8. The summed E-state index contributed by atoms with van der Waals surface area (Å²) >= 11 is 0. The third kappa shape index (κ3) is 12.1. The zero-order valence-electron chi connectivity index (χ0n) is 19.4. The number of rotatable bonds is 18. The van der Waals surface area contributed by atoms with E-state index in [1.807, 2.05) is 0 Å². The molecule has 0 bridgehead atoms. The molecule has 1 aromatic carbocycles. The van der Waals surface area contributed by atoms with E-state index in [-0.39, 0.29) is 0 Å². The second kappa shape index (κ2) is 14.4. The van der Waals surface area contributed by atoms with Crippen LogP contribution in [-0.4, -0.2) is 19.5 Å². The van der Waals surface area contributed by atoms with Crippen molar-refractivity contribution < 1.29 is 0 Å². The summed E-state index contributed by atoms with van der Waals surface area (Å²) in [6.07, 6.45) is 22.7. The van der Waals surface area contributed by atoms with Gasteiger partial charge in [-0.05, 0) is 0 Å². The topological polar surface area (TPSA) is 0 Å². The second-order valence-electron chi connectivity index (χ2n) is 9.96. The van der Waals surface area contributed by atoms with E-state index in [0.29, 0.717) is 0 Å². The summed E-state index contributed by atoms with van der Waals surface area (Å²) in [6.45, 7) is 9.80. The fourth-order valence-corrected chi connectivity index (χ4v) is 7.39. The Morgan fingerprint density at radius 2 is 1.11 bits per heavy atom. The molecular formula is C27H49P. The van der Waals surface area contributed by atoms with Crippen molar-refractivity contribution in [2.75, 3.05) is 19.5 Å². The van der Waals surface area contributed by atoms with Crippen molar-refractivity contribution in [3.63, 3.8) is 0 Å². The second-order valence-corrected chi connectivity index (χ2v) is 16.7. The van der Waals surface area contributed by atoms with E-state index in [0.717, 1.165) is 0 Å². The van der Waals surface area contributed by atoms with Gasteiger partial charge < -0.3 is 0 Å². The molecule has 1 aromatic rings. The normalized spacial score (nSPS) is 13.2. The molecule has 0 aliphatic carbocycles. The predicted molar refractivity (Wildman–Crippen MR) is 134 cm³/mol. The van der Waals surface area contributed by atoms with E-state index < -0.39 is 6.60 Å². The number of hydrogen-bond acceptors (Lipinski definition) is 0. The van der Waals surface area contributed by atoms with E-state index in [9.17, 15) is 0 Å². The minimum absolute atomic E-state index is 1.22. The molecule has 0 aromatic heterocycles. The molecule has 0 aliphatic heterocycles. The zero-order chi connectivity index (χ0) is 20.6. The van der Waals surface area contributed by atoms with Gasteiger partial charge in [0.2, 0.25) is 0 Å². The summed E-state index contributed by atoms with van der Waals surface area (Å²) in [5.74, 6) is 2.33. The van der Waals surface area contributed by atoms with Crippen molar-refractivity contribution in [1.82, 2.24) is 0 Å². The molecule has 0 atom stereocenters. The molecule has 0 spiro atoms. The molecule has 0 heterocycles. The van der Waals surface area contributed by atoms with E-state index in [4.69, 9.17) is 0 Å². The Balaban J connectivity index is 2.04. The fourth-order valence-electron chi connectivity index (χ4n) is 4.24. The van der Waals surface area contributed by atoms with E-state index in [1.165, 1.54) is 108 Å². The molecule has 1 heteroatoms. The van der Waals surface area contributed by atoms with Gasteiger partial charge in [0.1, 0.15) is 0 Å². The Labute approximate surface area is 177 Å². The van der Waals surface area contributed by atoms with Crippen molar-refractivity contribution in [3.8, 4) is 0 Å². The summed E-state index contributed by atoms with van der Waals surface area (Å²) in [6, 6.07) is 11.0. The van der Waals surface area contributed by atoms with E-state index >= 15 is 0 Å². The molecule has 0 N–H and O–H groups in total. The van der Waals surface area contributed by atoms with Crippen molar-refractivity contribution in [2.45, 2.75) is 103 Å². The average Bonchev–Trinajstić information content (AvgIpc) is 2.69. The van der Waals surface area contributed by atoms with Gasteiger partial charge in [0.25, 0.3) is 0 Å². The molecule has 0 saturated carbocycles. The summed E-state index contributed by atoms with van der Waals surface area (Å²) < 4.78 is 0. The number of unbranched alkanes of at least 4 members (excludes halogenated alkanes) is 13. The molecular weight excluding hydrogens is 355 g/mol. The fraction of sp³-hybridized carbons (Fsp3) is 0.704. The Hall–Kier alpha value is -0.610. The minimum atomic E-state index is -1.78. The van der Waals surface area contributed by atoms with Crippen LogP contribution in [0.2, 0.25) is 0 Å². The summed E-state index contributed by atoms with van der Waals surface area (Å²) in [7, 11) is 0. The van der Waals surface area contributed by atoms with E-state index in [1.54, 1.807) is 0 Å². The van der Waals surface area contributed by atoms with Crippen LogP contribution >= 0.6 is 6.60 Å². The van der Waals surface area contributed by atoms with Crippen molar-refractivity contribution >= 4 is 6.60 Å². The van der Waals surface area contributed by atoms with Gasteiger partial charge in [0, 0.05) is 0 Å². The van der Waals surface area contributed by atoms with Crippen LogP contribution in [0.3, 0.4) is 0 Å². The van der Waals surface area contributed by atoms with Gasteiger partial charge in [0.05, 0.1) is 0 Å². The van der Waals surface area contributed by atoms with Gasteiger partial charge in [-0.3, -0.25) is 0 Å². The molecule has 0 saturated heterocycles. The van der Waals surface area contributed by atoms with Crippen LogP contribution in [0.5, 0.6) is 0 Å². The number of benzene rings is 1. The van der Waals surface area contributed by atoms with Crippen molar-refractivity contribution in [3.05, 3.63) is 48.3 Å². The average molecular weight is 405 g/mol. The quantitative estimate of drug-likeness (QED) is 0.169. The Morgan fingerprint density at radius 3 is 1.54 bits per heavy atom. The molecule has 162 valence electrons. The van der Waals surface area contributed by atoms with Gasteiger partial charge in [0.15, 0.2) is 0 Å². The standard InChI is InChI=1S/C27H49P/c1-5-7-8-9-10-11-12-13-14-15-16-17-18-22-25-28(3,4,6-2)26-27-23-20-19-21-24-27/h6,19-21,23-24H,2,5,7-18,22,25-26H2,1,3-4H3. The van der Waals surface area contributed by atoms with Gasteiger partial charge in [-0.15, -0.1) is 0 Å². The van der Waals surface area contributed by atoms with Crippen molar-refractivity contribution in [2.24, 2.45) is 0 Å². The first-order valence-electron chi connectivity index (χ1n) is 12.2. The first-order valence-corrected chi connectivity index (χ1v) is 15.7. The summed E-state index contributed by atoms with van der Waals surface area (Å²) in [4.78, 5) is 0. The van der Waals surface area contributed by atoms with Crippen LogP contribution in [0.15, 0.2) is 42.7 Å². The first kappa shape index (κ1) is 25.4. The molecule has 0 unspecified atom stereocenters. The molecule has 0 amide bonds.